The number of hydrogen-bond acceptors (Lipinski definition) is 1. The van der Waals surface area contributed by atoms with E-state index >= 15 is 0 Å². The minimum atomic E-state index is -2.48. The van der Waals surface area contributed by atoms with Crippen LogP contribution in [0.25, 0.3) is 0 Å². The molecule has 0 unspecified atom stereocenters. The number of hydrogen-bond donors (Lipinski definition) is 0. The summed E-state index contributed by atoms with van der Waals surface area (Å²) in [6, 6.07) is 2.94. The van der Waals surface area contributed by atoms with Gasteiger partial charge in [0.2, 0.25) is 0 Å². The van der Waals surface area contributed by atoms with Gasteiger partial charge in [0.15, 0.2) is 0 Å². The van der Waals surface area contributed by atoms with Crippen LogP contribution >= 0.6 is 22.6 Å². The maximum Gasteiger partial charge on any atom is 0.256 e. The molecule has 0 saturated heterocycles. The third-order valence-corrected chi connectivity index (χ3v) is 1.96. The second-order valence-electron chi connectivity index (χ2n) is 2.23. The molecular weight excluding hydrogens is 279 g/mol. The number of halogens is 3. The van der Waals surface area contributed by atoms with E-state index in [2.05, 4.69) is 0 Å². The van der Waals surface area contributed by atoms with Crippen LogP contribution in [0.5, 0.6) is 0 Å². The van der Waals surface area contributed by atoms with Crippen molar-refractivity contribution in [1.29, 1.82) is 0 Å². The molecule has 0 spiro atoms. The lowest BCUT2D eigenvalue weighted by Gasteiger charge is -2.03. The molecule has 0 aliphatic heterocycles. The third kappa shape index (κ3) is 2.54. The van der Waals surface area contributed by atoms with E-state index in [1.165, 1.54) is 12.3 Å². The van der Waals surface area contributed by atoms with Gasteiger partial charge < -0.3 is 4.57 Å². The van der Waals surface area contributed by atoms with Gasteiger partial charge in [-0.3, -0.25) is 4.79 Å². The predicted molar refractivity (Wildman–Crippen MR) is 49.4 cm³/mol. The van der Waals surface area contributed by atoms with Crippen LogP contribution in [0, 0.1) is 3.57 Å². The molecule has 2 nitrogen and oxygen atoms in total. The highest BCUT2D eigenvalue weighted by Gasteiger charge is 2.04. The Morgan fingerprint density at radius 1 is 1.58 bits per heavy atom. The van der Waals surface area contributed by atoms with Crippen LogP contribution in [-0.4, -0.2) is 11.0 Å². The van der Waals surface area contributed by atoms with Gasteiger partial charge in [-0.25, -0.2) is 8.78 Å². The zero-order valence-electron chi connectivity index (χ0n) is 6.01. The topological polar surface area (TPSA) is 22.0 Å². The highest BCUT2D eigenvalue weighted by molar-refractivity contribution is 14.1. The molecule has 1 aromatic rings. The van der Waals surface area contributed by atoms with E-state index in [-0.39, 0.29) is 5.56 Å². The minimum Gasteiger partial charge on any atom is -0.310 e. The van der Waals surface area contributed by atoms with Gasteiger partial charge >= 0.3 is 0 Å². The third-order valence-electron chi connectivity index (χ3n) is 1.29. The SMILES string of the molecule is O=c1cc(I)ccn1CC(F)F. The van der Waals surface area contributed by atoms with Crippen LogP contribution in [0.4, 0.5) is 8.78 Å². The Morgan fingerprint density at radius 3 is 2.75 bits per heavy atom. The molecule has 0 fully saturated rings. The zero-order chi connectivity index (χ0) is 9.14. The van der Waals surface area contributed by atoms with E-state index in [0.29, 0.717) is 0 Å². The molecule has 0 aliphatic rings. The average Bonchev–Trinajstić information content (AvgIpc) is 1.94. The molecule has 0 amide bonds. The lowest BCUT2D eigenvalue weighted by molar-refractivity contribution is 0.125. The molecule has 0 N–H and O–H groups in total. The Kier molecular flexibility index (Phi) is 3.19. The van der Waals surface area contributed by atoms with Gasteiger partial charge in [0.05, 0.1) is 6.54 Å². The minimum absolute atomic E-state index is 0.387. The van der Waals surface area contributed by atoms with E-state index in [1.54, 1.807) is 6.07 Å². The van der Waals surface area contributed by atoms with E-state index in [4.69, 9.17) is 0 Å². The Balaban J connectivity index is 2.94. The van der Waals surface area contributed by atoms with Gasteiger partial charge in [-0.1, -0.05) is 0 Å². The highest BCUT2D eigenvalue weighted by Crippen LogP contribution is 2.00. The van der Waals surface area contributed by atoms with Crippen molar-refractivity contribution in [2.24, 2.45) is 0 Å². The van der Waals surface area contributed by atoms with E-state index in [0.717, 1.165) is 8.14 Å². The summed E-state index contributed by atoms with van der Waals surface area (Å²) in [6.45, 7) is -0.532. The molecule has 0 atom stereocenters. The number of nitrogens with zero attached hydrogens (tertiary/aromatic N) is 1. The second-order valence-corrected chi connectivity index (χ2v) is 3.47. The van der Waals surface area contributed by atoms with Gasteiger partial charge in [-0.2, -0.15) is 0 Å². The van der Waals surface area contributed by atoms with Crippen molar-refractivity contribution in [2.45, 2.75) is 13.0 Å². The van der Waals surface area contributed by atoms with E-state index in [1.807, 2.05) is 22.6 Å². The maximum atomic E-state index is 11.8. The van der Waals surface area contributed by atoms with Crippen molar-refractivity contribution in [3.63, 3.8) is 0 Å². The number of rotatable bonds is 2. The van der Waals surface area contributed by atoms with Gasteiger partial charge in [0, 0.05) is 15.8 Å². The van der Waals surface area contributed by atoms with E-state index in [9.17, 15) is 13.6 Å². The standard InChI is InChI=1S/C7H6F2INO/c8-6(9)4-11-2-1-5(10)3-7(11)12/h1-3,6H,4H2. The molecule has 0 aromatic carbocycles. The summed E-state index contributed by atoms with van der Waals surface area (Å²) in [5.74, 6) is 0. The fourth-order valence-electron chi connectivity index (χ4n) is 0.783. The van der Waals surface area contributed by atoms with Crippen molar-refractivity contribution in [3.05, 3.63) is 32.3 Å². The smallest absolute Gasteiger partial charge is 0.256 e. The van der Waals surface area contributed by atoms with Crippen molar-refractivity contribution in [1.82, 2.24) is 4.57 Å². The number of alkyl halides is 2. The maximum absolute atomic E-state index is 11.8. The molecule has 0 saturated carbocycles. The molecule has 5 heteroatoms. The van der Waals surface area contributed by atoms with Crippen molar-refractivity contribution in [3.8, 4) is 0 Å². The first-order valence-electron chi connectivity index (χ1n) is 3.24. The monoisotopic (exact) mass is 285 g/mol. The first-order chi connectivity index (χ1) is 5.59. The fourth-order valence-corrected chi connectivity index (χ4v) is 1.21. The van der Waals surface area contributed by atoms with Crippen LogP contribution in [0.3, 0.4) is 0 Å². The molecule has 1 heterocycles. The van der Waals surface area contributed by atoms with Crippen LogP contribution in [-0.2, 0) is 6.54 Å². The molecule has 66 valence electrons. The fraction of sp³-hybridized carbons (Fsp3) is 0.286. The second kappa shape index (κ2) is 3.97. The van der Waals surface area contributed by atoms with Crippen LogP contribution in [0.2, 0.25) is 0 Å². The Morgan fingerprint density at radius 2 is 2.25 bits per heavy atom. The summed E-state index contributed by atoms with van der Waals surface area (Å²) in [5.41, 5.74) is -0.387. The van der Waals surface area contributed by atoms with Gasteiger partial charge in [0.1, 0.15) is 0 Å². The summed E-state index contributed by atoms with van der Waals surface area (Å²) < 4.78 is 25.4. The molecular formula is C7H6F2INO. The lowest BCUT2D eigenvalue weighted by Crippen LogP contribution is -2.22. The quantitative estimate of drug-likeness (QED) is 0.758. The average molecular weight is 285 g/mol. The summed E-state index contributed by atoms with van der Waals surface area (Å²) in [4.78, 5) is 11.0. The summed E-state index contributed by atoms with van der Waals surface area (Å²) in [7, 11) is 0. The predicted octanol–water partition coefficient (Wildman–Crippen LogP) is 1.72. The molecule has 1 aromatic heterocycles. The zero-order valence-corrected chi connectivity index (χ0v) is 8.16. The van der Waals surface area contributed by atoms with Crippen molar-refractivity contribution >= 4 is 22.6 Å². The molecule has 1 rings (SSSR count). The lowest BCUT2D eigenvalue weighted by atomic mass is 10.4. The van der Waals surface area contributed by atoms with Crippen LogP contribution in [0.1, 0.15) is 0 Å². The van der Waals surface area contributed by atoms with Crippen LogP contribution in [0.15, 0.2) is 23.1 Å². The number of aromatic nitrogens is 1. The van der Waals surface area contributed by atoms with Gasteiger partial charge in [-0.05, 0) is 28.7 Å². The van der Waals surface area contributed by atoms with Crippen molar-refractivity contribution in [2.75, 3.05) is 0 Å². The normalized spacial score (nSPS) is 10.7. The summed E-state index contributed by atoms with van der Waals surface area (Å²) in [5, 5.41) is 0. The largest absolute Gasteiger partial charge is 0.310 e. The molecule has 0 bridgehead atoms. The van der Waals surface area contributed by atoms with Gasteiger partial charge in [-0.15, -0.1) is 0 Å². The Labute approximate surface area is 81.3 Å². The molecule has 0 aliphatic carbocycles. The first kappa shape index (κ1) is 9.63. The van der Waals surface area contributed by atoms with Crippen molar-refractivity contribution < 1.29 is 8.78 Å². The van der Waals surface area contributed by atoms with Crippen LogP contribution < -0.4 is 5.56 Å². The first-order valence-corrected chi connectivity index (χ1v) is 4.31. The number of pyridine rings is 1. The highest BCUT2D eigenvalue weighted by atomic mass is 127. The van der Waals surface area contributed by atoms with E-state index < -0.39 is 13.0 Å². The van der Waals surface area contributed by atoms with Gasteiger partial charge in [0.25, 0.3) is 12.0 Å². The Bertz CT molecular complexity index is 323. The summed E-state index contributed by atoms with van der Waals surface area (Å²) >= 11 is 1.95. The molecule has 12 heavy (non-hydrogen) atoms. The summed E-state index contributed by atoms with van der Waals surface area (Å²) in [6.07, 6.45) is -1.11. The molecule has 0 radical (unpaired) electrons. The Hall–Kier alpha value is -0.460.